The first-order valence-corrected chi connectivity index (χ1v) is 11.9. The number of aromatic nitrogens is 2. The summed E-state index contributed by atoms with van der Waals surface area (Å²) in [7, 11) is 3.85. The van der Waals surface area contributed by atoms with Crippen LogP contribution >= 0.6 is 0 Å². The second kappa shape index (κ2) is 11.5. The van der Waals surface area contributed by atoms with Gasteiger partial charge in [-0.2, -0.15) is 4.98 Å². The van der Waals surface area contributed by atoms with Crippen LogP contribution in [0.5, 0.6) is 0 Å². The van der Waals surface area contributed by atoms with Gasteiger partial charge >= 0.3 is 5.69 Å². The summed E-state index contributed by atoms with van der Waals surface area (Å²) in [6.07, 6.45) is 4.21. The van der Waals surface area contributed by atoms with E-state index in [0.29, 0.717) is 19.3 Å². The number of aliphatic hydroxyl groups excluding tert-OH is 1. The van der Waals surface area contributed by atoms with Crippen molar-refractivity contribution in [1.82, 2.24) is 14.5 Å². The van der Waals surface area contributed by atoms with Gasteiger partial charge in [-0.15, -0.1) is 0 Å². The Balaban J connectivity index is 1.56. The predicted molar refractivity (Wildman–Crippen MR) is 127 cm³/mol. The zero-order valence-electron chi connectivity index (χ0n) is 20.9. The lowest BCUT2D eigenvalue weighted by Gasteiger charge is -2.43. The zero-order chi connectivity index (χ0) is 25.0. The van der Waals surface area contributed by atoms with Crippen LogP contribution in [0.4, 0.5) is 5.82 Å². The van der Waals surface area contributed by atoms with Crippen molar-refractivity contribution in [2.24, 2.45) is 5.92 Å². The standard InChI is InChI=1S/C24H38N4O6/c1-14(2)7-9-20(30)25-19-11-12-28(24(31)26-19)21-10-8-18(15(3)32-21)34-22-13-17(29)23(27(5)6)16(4)33-22/h7,9,11-12,14-18,21-23,29H,8,10,13H2,1-6H3,(H,25,26,30,31). The molecule has 2 saturated heterocycles. The fraction of sp³-hybridized carbons (Fsp3) is 0.708. The SMILES string of the molecule is CC(C)C=CC(=O)Nc1ccn(C2CCC(OC3CC(O)C(N(C)C)C(C)O3)C(C)O2)c(=O)n1. The molecular formula is C24H38N4O6. The number of allylic oxidation sites excluding steroid dienone is 1. The van der Waals surface area contributed by atoms with Gasteiger partial charge < -0.3 is 29.5 Å². The van der Waals surface area contributed by atoms with Crippen molar-refractivity contribution in [3.8, 4) is 0 Å². The molecule has 10 nitrogen and oxygen atoms in total. The number of hydrogen-bond donors (Lipinski definition) is 2. The molecule has 2 N–H and O–H groups in total. The predicted octanol–water partition coefficient (Wildman–Crippen LogP) is 1.90. The highest BCUT2D eigenvalue weighted by Crippen LogP contribution is 2.31. The third-order valence-corrected chi connectivity index (χ3v) is 6.22. The topological polar surface area (TPSA) is 115 Å². The van der Waals surface area contributed by atoms with Gasteiger partial charge in [0, 0.05) is 12.6 Å². The van der Waals surface area contributed by atoms with Crippen LogP contribution in [0.2, 0.25) is 0 Å². The first-order valence-electron chi connectivity index (χ1n) is 11.9. The molecule has 10 heteroatoms. The highest BCUT2D eigenvalue weighted by molar-refractivity contribution is 5.98. The van der Waals surface area contributed by atoms with Crippen LogP contribution in [0.25, 0.3) is 0 Å². The molecule has 0 aliphatic carbocycles. The van der Waals surface area contributed by atoms with Crippen molar-refractivity contribution in [2.45, 2.75) is 89.9 Å². The second-order valence-electron chi connectivity index (χ2n) is 9.67. The number of anilines is 1. The number of ether oxygens (including phenoxy) is 3. The Kier molecular flexibility index (Phi) is 9.00. The first kappa shape index (κ1) is 26.5. The normalized spacial score (nSPS) is 32.4. The average Bonchev–Trinajstić information content (AvgIpc) is 2.73. The average molecular weight is 479 g/mol. The lowest BCUT2D eigenvalue weighted by molar-refractivity contribution is -0.273. The van der Waals surface area contributed by atoms with E-state index in [0.717, 1.165) is 0 Å². The van der Waals surface area contributed by atoms with Crippen LogP contribution in [-0.4, -0.2) is 76.3 Å². The summed E-state index contributed by atoms with van der Waals surface area (Å²) in [6.45, 7) is 7.77. The monoisotopic (exact) mass is 478 g/mol. The molecule has 2 aliphatic rings. The van der Waals surface area contributed by atoms with Gasteiger partial charge in [0.25, 0.3) is 0 Å². The second-order valence-corrected chi connectivity index (χ2v) is 9.67. The number of nitrogens with zero attached hydrogens (tertiary/aromatic N) is 3. The molecule has 1 aromatic rings. The van der Waals surface area contributed by atoms with Crippen LogP contribution in [0.3, 0.4) is 0 Å². The molecule has 7 unspecified atom stereocenters. The maximum absolute atomic E-state index is 12.6. The minimum Gasteiger partial charge on any atom is -0.391 e. The van der Waals surface area contributed by atoms with E-state index in [2.05, 4.69) is 10.3 Å². The van der Waals surface area contributed by atoms with Crippen molar-refractivity contribution in [3.05, 3.63) is 34.9 Å². The van der Waals surface area contributed by atoms with Gasteiger partial charge in [-0.3, -0.25) is 9.36 Å². The van der Waals surface area contributed by atoms with Gasteiger partial charge in [0.2, 0.25) is 5.91 Å². The van der Waals surface area contributed by atoms with Crippen LogP contribution < -0.4 is 11.0 Å². The highest BCUT2D eigenvalue weighted by Gasteiger charge is 2.40. The van der Waals surface area contributed by atoms with Crippen LogP contribution in [0.1, 0.15) is 53.2 Å². The molecule has 1 aromatic heterocycles. The van der Waals surface area contributed by atoms with Gasteiger partial charge in [-0.1, -0.05) is 19.9 Å². The summed E-state index contributed by atoms with van der Waals surface area (Å²) in [5.74, 6) is 0.114. The molecule has 0 aromatic carbocycles. The Morgan fingerprint density at radius 1 is 1.29 bits per heavy atom. The number of carbonyl (C=O) groups is 1. The van der Waals surface area contributed by atoms with Crippen molar-refractivity contribution in [3.63, 3.8) is 0 Å². The summed E-state index contributed by atoms with van der Waals surface area (Å²) in [5.41, 5.74) is -0.496. The Morgan fingerprint density at radius 2 is 2.03 bits per heavy atom. The fourth-order valence-corrected chi connectivity index (χ4v) is 4.55. The highest BCUT2D eigenvalue weighted by atomic mass is 16.7. The summed E-state index contributed by atoms with van der Waals surface area (Å²) in [5, 5.41) is 13.1. The number of amides is 1. The minimum atomic E-state index is -0.541. The molecule has 34 heavy (non-hydrogen) atoms. The lowest BCUT2D eigenvalue weighted by atomic mass is 9.98. The maximum atomic E-state index is 12.6. The number of hydrogen-bond acceptors (Lipinski definition) is 8. The number of carbonyl (C=O) groups excluding carboxylic acids is 1. The Labute approximate surface area is 200 Å². The molecule has 0 spiro atoms. The molecule has 0 radical (unpaired) electrons. The molecule has 3 rings (SSSR count). The number of nitrogens with one attached hydrogen (secondary N) is 1. The third kappa shape index (κ3) is 6.73. The number of rotatable bonds is 7. The Morgan fingerprint density at radius 3 is 2.62 bits per heavy atom. The molecule has 1 amide bonds. The van der Waals surface area contributed by atoms with E-state index >= 15 is 0 Å². The Bertz CT molecular complexity index is 905. The zero-order valence-corrected chi connectivity index (χ0v) is 20.9. The van der Waals surface area contributed by atoms with Gasteiger partial charge in [0.05, 0.1) is 30.5 Å². The van der Waals surface area contributed by atoms with Gasteiger partial charge in [0.15, 0.2) is 6.29 Å². The van der Waals surface area contributed by atoms with E-state index in [9.17, 15) is 14.7 Å². The Hall–Kier alpha value is -2.11. The van der Waals surface area contributed by atoms with Gasteiger partial charge in [-0.25, -0.2) is 4.79 Å². The van der Waals surface area contributed by atoms with Crippen molar-refractivity contribution < 1.29 is 24.1 Å². The summed E-state index contributed by atoms with van der Waals surface area (Å²) in [6, 6.07) is 1.50. The van der Waals surface area contributed by atoms with E-state index in [1.165, 1.54) is 10.6 Å². The van der Waals surface area contributed by atoms with Crippen molar-refractivity contribution >= 4 is 11.7 Å². The number of aliphatic hydroxyl groups is 1. The van der Waals surface area contributed by atoms with E-state index in [1.807, 2.05) is 46.7 Å². The molecule has 7 atom stereocenters. The molecule has 2 aliphatic heterocycles. The minimum absolute atomic E-state index is 0.0809. The van der Waals surface area contributed by atoms with E-state index in [1.54, 1.807) is 18.3 Å². The third-order valence-electron chi connectivity index (χ3n) is 6.22. The fourth-order valence-electron chi connectivity index (χ4n) is 4.55. The number of likely N-dealkylation sites (N-methyl/N-ethyl adjacent to an activating group) is 1. The van der Waals surface area contributed by atoms with Crippen molar-refractivity contribution in [1.29, 1.82) is 0 Å². The smallest absolute Gasteiger partial charge is 0.351 e. The maximum Gasteiger partial charge on any atom is 0.351 e. The summed E-state index contributed by atoms with van der Waals surface area (Å²) in [4.78, 5) is 30.4. The molecule has 0 bridgehead atoms. The van der Waals surface area contributed by atoms with Crippen LogP contribution in [0.15, 0.2) is 29.2 Å². The molecule has 3 heterocycles. The van der Waals surface area contributed by atoms with Crippen LogP contribution in [0, 0.1) is 5.92 Å². The molecular weight excluding hydrogens is 440 g/mol. The molecule has 190 valence electrons. The van der Waals surface area contributed by atoms with E-state index < -0.39 is 24.3 Å². The van der Waals surface area contributed by atoms with E-state index in [4.69, 9.17) is 14.2 Å². The quantitative estimate of drug-likeness (QED) is 0.571. The van der Waals surface area contributed by atoms with E-state index in [-0.39, 0.29) is 42.0 Å². The van der Waals surface area contributed by atoms with Gasteiger partial charge in [0.1, 0.15) is 12.0 Å². The van der Waals surface area contributed by atoms with Crippen molar-refractivity contribution in [2.75, 3.05) is 19.4 Å². The molecule has 2 fully saturated rings. The van der Waals surface area contributed by atoms with Gasteiger partial charge in [-0.05, 0) is 58.8 Å². The lowest BCUT2D eigenvalue weighted by Crippen LogP contribution is -2.55. The molecule has 0 saturated carbocycles. The summed E-state index contributed by atoms with van der Waals surface area (Å²) < 4.78 is 19.7. The largest absolute Gasteiger partial charge is 0.391 e. The first-order chi connectivity index (χ1) is 16.0. The summed E-state index contributed by atoms with van der Waals surface area (Å²) >= 11 is 0. The van der Waals surface area contributed by atoms with Crippen LogP contribution in [-0.2, 0) is 19.0 Å².